The van der Waals surface area contributed by atoms with Gasteiger partial charge < -0.3 is 16.3 Å². The van der Waals surface area contributed by atoms with Crippen LogP contribution in [0.4, 0.5) is 0 Å². The van der Waals surface area contributed by atoms with Crippen molar-refractivity contribution in [2.24, 2.45) is 10.9 Å². The van der Waals surface area contributed by atoms with E-state index in [-0.39, 0.29) is 0 Å². The molecule has 1 atom stereocenters. The second-order valence-corrected chi connectivity index (χ2v) is 4.13. The fourth-order valence-corrected chi connectivity index (χ4v) is 1.66. The minimum atomic E-state index is 0.307. The van der Waals surface area contributed by atoms with Crippen molar-refractivity contribution in [1.29, 1.82) is 0 Å². The summed E-state index contributed by atoms with van der Waals surface area (Å²) in [5, 5.41) is 14.8. The predicted octanol–water partition coefficient (Wildman–Crippen LogP) is 2.25. The number of nitrogens with zero attached hydrogens (tertiary/aromatic N) is 1. The Labute approximate surface area is 103 Å². The lowest BCUT2D eigenvalue weighted by Crippen LogP contribution is -2.20. The molecule has 0 aromatic heterocycles. The molecule has 0 amide bonds. The summed E-state index contributed by atoms with van der Waals surface area (Å²) >= 11 is 0. The lowest BCUT2D eigenvalue weighted by atomic mass is 10.1. The number of hydrogen-bond acceptors (Lipinski definition) is 3. The molecular weight excluding hydrogens is 214 g/mol. The molecule has 17 heavy (non-hydrogen) atoms. The molecule has 0 saturated carbocycles. The third-order valence-electron chi connectivity index (χ3n) is 2.74. The third-order valence-corrected chi connectivity index (χ3v) is 2.74. The second kappa shape index (κ2) is 7.68. The number of unbranched alkanes of at least 4 members (excludes halogenated alkanes) is 1. The third kappa shape index (κ3) is 5.36. The largest absolute Gasteiger partial charge is 0.409 e. The van der Waals surface area contributed by atoms with Crippen molar-refractivity contribution in [1.82, 2.24) is 5.32 Å². The van der Waals surface area contributed by atoms with E-state index in [9.17, 15) is 0 Å². The van der Waals surface area contributed by atoms with Crippen LogP contribution < -0.4 is 11.1 Å². The summed E-state index contributed by atoms with van der Waals surface area (Å²) in [5.41, 5.74) is 6.68. The topological polar surface area (TPSA) is 70.6 Å². The molecule has 94 valence electrons. The number of hydrogen-bond donors (Lipinski definition) is 3. The summed E-state index contributed by atoms with van der Waals surface area (Å²) in [6.45, 7) is 3.09. The van der Waals surface area contributed by atoms with Crippen molar-refractivity contribution in [3.8, 4) is 0 Å². The van der Waals surface area contributed by atoms with Crippen molar-refractivity contribution in [3.05, 3.63) is 35.9 Å². The molecule has 0 aliphatic heterocycles. The molecule has 0 saturated heterocycles. The monoisotopic (exact) mass is 235 g/mol. The maximum absolute atomic E-state index is 8.38. The summed E-state index contributed by atoms with van der Waals surface area (Å²) in [6, 6.07) is 10.7. The average molecular weight is 235 g/mol. The molecule has 0 bridgehead atoms. The van der Waals surface area contributed by atoms with Gasteiger partial charge in [0.1, 0.15) is 5.84 Å². The van der Waals surface area contributed by atoms with E-state index in [1.54, 1.807) is 0 Å². The highest BCUT2D eigenvalue weighted by atomic mass is 16.4. The zero-order valence-corrected chi connectivity index (χ0v) is 10.3. The summed E-state index contributed by atoms with van der Waals surface area (Å²) in [7, 11) is 0. The smallest absolute Gasteiger partial charge is 0.139 e. The van der Waals surface area contributed by atoms with Crippen LogP contribution in [0, 0.1) is 0 Å². The van der Waals surface area contributed by atoms with Gasteiger partial charge in [-0.3, -0.25) is 0 Å². The average Bonchev–Trinajstić information content (AvgIpc) is 2.38. The van der Waals surface area contributed by atoms with Gasteiger partial charge in [0.2, 0.25) is 0 Å². The Morgan fingerprint density at radius 3 is 2.71 bits per heavy atom. The van der Waals surface area contributed by atoms with Gasteiger partial charge in [0.25, 0.3) is 0 Å². The first-order chi connectivity index (χ1) is 8.24. The van der Waals surface area contributed by atoms with Crippen LogP contribution in [0.1, 0.15) is 37.8 Å². The van der Waals surface area contributed by atoms with Crippen molar-refractivity contribution in [3.63, 3.8) is 0 Å². The number of benzene rings is 1. The van der Waals surface area contributed by atoms with Gasteiger partial charge in [-0.2, -0.15) is 0 Å². The quantitative estimate of drug-likeness (QED) is 0.223. The second-order valence-electron chi connectivity index (χ2n) is 4.13. The van der Waals surface area contributed by atoms with Crippen molar-refractivity contribution in [2.45, 2.75) is 32.2 Å². The fourth-order valence-electron chi connectivity index (χ4n) is 1.66. The van der Waals surface area contributed by atoms with E-state index in [1.807, 2.05) is 18.2 Å². The minimum Gasteiger partial charge on any atom is -0.409 e. The van der Waals surface area contributed by atoms with Gasteiger partial charge in [0.05, 0.1) is 0 Å². The fraction of sp³-hybridized carbons (Fsp3) is 0.462. The molecule has 1 aromatic carbocycles. The van der Waals surface area contributed by atoms with Gasteiger partial charge in [0, 0.05) is 12.5 Å². The van der Waals surface area contributed by atoms with Gasteiger partial charge >= 0.3 is 0 Å². The molecule has 1 rings (SSSR count). The molecule has 0 heterocycles. The summed E-state index contributed by atoms with van der Waals surface area (Å²) < 4.78 is 0. The molecule has 0 unspecified atom stereocenters. The molecule has 0 fully saturated rings. The summed E-state index contributed by atoms with van der Waals surface area (Å²) in [4.78, 5) is 0. The highest BCUT2D eigenvalue weighted by molar-refractivity contribution is 5.79. The zero-order valence-electron chi connectivity index (χ0n) is 10.3. The summed E-state index contributed by atoms with van der Waals surface area (Å²) in [5.74, 6) is 0.307. The van der Waals surface area contributed by atoms with Gasteiger partial charge in [-0.1, -0.05) is 35.5 Å². The normalized spacial score (nSPS) is 13.6. The predicted molar refractivity (Wildman–Crippen MR) is 70.1 cm³/mol. The highest BCUT2D eigenvalue weighted by Gasteiger charge is 2.02. The molecule has 1 aromatic rings. The number of nitrogens with two attached hydrogens (primary N) is 1. The standard InChI is InChI=1S/C13H21N3O/c1-11(12-7-3-2-4-8-12)15-10-6-5-9-13(14)16-17/h2-4,7-8,11,15,17H,5-6,9-10H2,1H3,(H2,14,16)/t11-/m1/s1. The Bertz CT molecular complexity index is 338. The lowest BCUT2D eigenvalue weighted by molar-refractivity contribution is 0.316. The van der Waals surface area contributed by atoms with Crippen molar-refractivity contribution in [2.75, 3.05) is 6.54 Å². The van der Waals surface area contributed by atoms with Crippen LogP contribution in [-0.2, 0) is 0 Å². The zero-order chi connectivity index (χ0) is 12.5. The van der Waals surface area contributed by atoms with Crippen LogP contribution in [0.3, 0.4) is 0 Å². The van der Waals surface area contributed by atoms with E-state index < -0.39 is 0 Å². The number of oxime groups is 1. The molecule has 0 aliphatic rings. The molecule has 0 radical (unpaired) electrons. The van der Waals surface area contributed by atoms with E-state index in [0.717, 1.165) is 19.4 Å². The van der Waals surface area contributed by atoms with Crippen LogP contribution >= 0.6 is 0 Å². The molecule has 4 N–H and O–H groups in total. The van der Waals surface area contributed by atoms with E-state index >= 15 is 0 Å². The Hall–Kier alpha value is -1.55. The van der Waals surface area contributed by atoms with Crippen LogP contribution in [0.15, 0.2) is 35.5 Å². The van der Waals surface area contributed by atoms with Crippen molar-refractivity contribution < 1.29 is 5.21 Å². The first kappa shape index (κ1) is 13.5. The highest BCUT2D eigenvalue weighted by Crippen LogP contribution is 2.10. The molecular formula is C13H21N3O. The van der Waals surface area contributed by atoms with Crippen LogP contribution in [-0.4, -0.2) is 17.6 Å². The molecule has 4 heteroatoms. The summed E-state index contributed by atoms with van der Waals surface area (Å²) in [6.07, 6.45) is 2.61. The minimum absolute atomic E-state index is 0.307. The maximum atomic E-state index is 8.38. The van der Waals surface area contributed by atoms with E-state index in [1.165, 1.54) is 5.56 Å². The Kier molecular flexibility index (Phi) is 6.10. The van der Waals surface area contributed by atoms with Gasteiger partial charge in [0.15, 0.2) is 0 Å². The van der Waals surface area contributed by atoms with Crippen LogP contribution in [0.25, 0.3) is 0 Å². The Morgan fingerprint density at radius 2 is 2.06 bits per heavy atom. The number of rotatable bonds is 7. The van der Waals surface area contributed by atoms with E-state index in [2.05, 4.69) is 29.5 Å². The van der Waals surface area contributed by atoms with E-state index in [4.69, 9.17) is 10.9 Å². The first-order valence-corrected chi connectivity index (χ1v) is 5.98. The Balaban J connectivity index is 2.15. The first-order valence-electron chi connectivity index (χ1n) is 5.98. The van der Waals surface area contributed by atoms with Gasteiger partial charge in [-0.05, 0) is 31.9 Å². The van der Waals surface area contributed by atoms with Crippen molar-refractivity contribution >= 4 is 5.84 Å². The molecule has 0 aliphatic carbocycles. The van der Waals surface area contributed by atoms with Crippen LogP contribution in [0.2, 0.25) is 0 Å². The Morgan fingerprint density at radius 1 is 1.35 bits per heavy atom. The van der Waals surface area contributed by atoms with Gasteiger partial charge in [-0.15, -0.1) is 0 Å². The van der Waals surface area contributed by atoms with Gasteiger partial charge in [-0.25, -0.2) is 0 Å². The number of amidine groups is 1. The number of nitrogens with one attached hydrogen (secondary N) is 1. The SMILES string of the molecule is C[C@@H](NCCCCC(N)=NO)c1ccccc1. The lowest BCUT2D eigenvalue weighted by Gasteiger charge is -2.13. The maximum Gasteiger partial charge on any atom is 0.139 e. The molecule has 0 spiro atoms. The molecule has 4 nitrogen and oxygen atoms in total. The van der Waals surface area contributed by atoms with E-state index in [0.29, 0.717) is 18.3 Å². The van der Waals surface area contributed by atoms with Crippen LogP contribution in [0.5, 0.6) is 0 Å².